The Labute approximate surface area is 834 Å². The van der Waals surface area contributed by atoms with Crippen LogP contribution in [0.5, 0.6) is 5.75 Å². The van der Waals surface area contributed by atoms with Crippen molar-refractivity contribution in [2.24, 2.45) is 0 Å². The van der Waals surface area contributed by atoms with Crippen LogP contribution in [-0.2, 0) is 62.9 Å². The Morgan fingerprint density at radius 1 is 0.587 bits per heavy atom. The number of hydrogen-bond acceptors (Lipinski definition) is 28. The van der Waals surface area contributed by atoms with Gasteiger partial charge in [0.05, 0.1) is 51.9 Å². The monoisotopic (exact) mass is 2080 g/mol. The number of fused-ring (bicyclic) bond motifs is 3. The molecule has 0 radical (unpaired) electrons. The first-order chi connectivity index (χ1) is 68.3. The first-order valence-electron chi connectivity index (χ1n) is 46.2. The van der Waals surface area contributed by atoms with E-state index >= 15 is 4.39 Å². The lowest BCUT2D eigenvalue weighted by Gasteiger charge is -2.33. The highest BCUT2D eigenvalue weighted by Crippen LogP contribution is 2.40. The highest BCUT2D eigenvalue weighted by Gasteiger charge is 2.39. The zero-order chi connectivity index (χ0) is 101. The van der Waals surface area contributed by atoms with E-state index in [0.29, 0.717) is 151 Å². The smallest absolute Gasteiger partial charge is 0.416 e. The number of piperazine rings is 1. The van der Waals surface area contributed by atoms with Crippen molar-refractivity contribution < 1.29 is 69.7 Å². The zero-order valence-corrected chi connectivity index (χ0v) is 83.5. The fourth-order valence-electron chi connectivity index (χ4n) is 18.2. The molecule has 43 heteroatoms. The number of sulfone groups is 1. The van der Waals surface area contributed by atoms with Gasteiger partial charge in [0, 0.05) is 215 Å². The fraction of sp³-hybridized carbons (Fsp3) is 0.330. The number of thiazole rings is 1. The molecule has 4 unspecified atom stereocenters. The van der Waals surface area contributed by atoms with Gasteiger partial charge in [-0.05, 0) is 204 Å². The summed E-state index contributed by atoms with van der Waals surface area (Å²) in [5, 5.41) is 14.6. The van der Waals surface area contributed by atoms with E-state index in [1.807, 2.05) is 35.7 Å². The van der Waals surface area contributed by atoms with Crippen molar-refractivity contribution in [1.29, 1.82) is 0 Å². The van der Waals surface area contributed by atoms with Gasteiger partial charge in [0.2, 0.25) is 27.9 Å². The third-order valence-electron chi connectivity index (χ3n) is 25.7. The van der Waals surface area contributed by atoms with Crippen LogP contribution in [-0.4, -0.2) is 232 Å². The fourth-order valence-corrected chi connectivity index (χ4v) is 26.1. The maximum atomic E-state index is 15.1. The number of sulfonamides is 1. The number of aryl methyl sites for hydroxylation is 1. The van der Waals surface area contributed by atoms with Crippen LogP contribution in [0.4, 0.5) is 71.3 Å². The van der Waals surface area contributed by atoms with Crippen LogP contribution in [0, 0.1) is 5.82 Å². The molecule has 14 aromatic rings. The van der Waals surface area contributed by atoms with Crippen molar-refractivity contribution in [1.82, 2.24) is 73.0 Å². The summed E-state index contributed by atoms with van der Waals surface area (Å²) in [6.07, 6.45) is 3.31. The Hall–Kier alpha value is -12.4. The number of hydrogen-bond donors (Lipinski definition) is 4. The molecule has 0 amide bonds. The molecule has 0 saturated carbocycles. The van der Waals surface area contributed by atoms with E-state index in [0.717, 1.165) is 92.9 Å². The van der Waals surface area contributed by atoms with Crippen LogP contribution >= 0.6 is 23.1 Å². The molecule has 4 atom stereocenters. The summed E-state index contributed by atoms with van der Waals surface area (Å²) in [7, 11) is -9.41. The number of pyridine rings is 4. The number of aromatic nitrogens is 11. The van der Waals surface area contributed by atoms with Crippen LogP contribution in [0.2, 0.25) is 0 Å². The number of alkyl halides is 6. The lowest BCUT2D eigenvalue weighted by molar-refractivity contribution is -0.138. The number of benzene rings is 6. The third-order valence-corrected chi connectivity index (χ3v) is 36.0. The number of halogens is 7. The number of ether oxygens (including phenoxy) is 2. The lowest BCUT2D eigenvalue weighted by Crippen LogP contribution is -2.49. The van der Waals surface area contributed by atoms with Crippen molar-refractivity contribution in [3.8, 4) is 39.3 Å². The molecule has 0 aliphatic carbocycles. The molecule has 4 N–H and O–H groups in total. The number of nitrogens with one attached hydrogen (secondary N) is 4. The SMILES string of the molecule is C=S(=O)(c1ccc(-c2cc3cnc(Nc4ccc(C5CN(C)CCS5)cc4)nc3n(C3CCN(S(C)(=O)=O)CC3)c2=O)cc1)c1cncs1.C=S(=O)(c1ccc(-c2cc3cnc(Nc4ccc(N5CCNC(C)C5)c(F)c4)nc3n(CC)c2=O)nc1)C1CCOCC1.CN1CCC(Oc2ccc(Nc3ncc4cc(-c5ccccc5S(=O)(=O)CC(F)(F)F)c(=O)n(Cc5ccccc5C(F)(F)F)c4n3)cc2)CC1.[HH].[HH].[HH]. The van der Waals surface area contributed by atoms with E-state index in [9.17, 15) is 66.0 Å². The topological polar surface area (TPSA) is 351 Å². The number of likely N-dealkylation sites (N-methyl/N-ethyl adjacent to an activating group) is 1. The Morgan fingerprint density at radius 3 is 1.79 bits per heavy atom. The van der Waals surface area contributed by atoms with E-state index in [-0.39, 0.29) is 84.3 Å². The molecule has 30 nitrogen and oxygen atoms in total. The van der Waals surface area contributed by atoms with E-state index < -0.39 is 79.6 Å². The molecular weight excluding hydrogens is 1970 g/mol. The number of nitrogens with zero attached hydrogens (tertiary/aromatic N) is 15. The van der Waals surface area contributed by atoms with Crippen LogP contribution in [0.15, 0.2) is 240 Å². The molecule has 5 fully saturated rings. The second kappa shape index (κ2) is 42.9. The van der Waals surface area contributed by atoms with E-state index in [2.05, 4.69) is 111 Å². The first-order valence-corrected chi connectivity index (χ1v) is 55.2. The summed E-state index contributed by atoms with van der Waals surface area (Å²) in [6.45, 7) is 11.7. The number of likely N-dealkylation sites (tertiary alicyclic amines) is 1. The molecule has 0 bridgehead atoms. The number of thioether (sulfide) groups is 1. The van der Waals surface area contributed by atoms with Crippen LogP contribution < -0.4 is 47.6 Å². The molecule has 13 heterocycles. The molecule has 756 valence electrons. The number of rotatable bonds is 24. The van der Waals surface area contributed by atoms with Crippen LogP contribution in [0.1, 0.15) is 84.6 Å². The van der Waals surface area contributed by atoms with Gasteiger partial charge >= 0.3 is 12.4 Å². The average Bonchev–Trinajstić information content (AvgIpc) is 1.71. The van der Waals surface area contributed by atoms with Gasteiger partial charge in [0.1, 0.15) is 38.8 Å². The van der Waals surface area contributed by atoms with Crippen molar-refractivity contribution in [3.05, 3.63) is 260 Å². The van der Waals surface area contributed by atoms with Gasteiger partial charge < -0.3 is 45.4 Å². The average molecular weight is 2080 g/mol. The van der Waals surface area contributed by atoms with Gasteiger partial charge in [-0.1, -0.05) is 60.7 Å². The van der Waals surface area contributed by atoms with E-state index in [1.54, 1.807) is 124 Å². The summed E-state index contributed by atoms with van der Waals surface area (Å²) < 4.78 is 192. The molecule has 5 aliphatic heterocycles. The Morgan fingerprint density at radius 2 is 1.18 bits per heavy atom. The second-order valence-electron chi connectivity index (χ2n) is 35.8. The largest absolute Gasteiger partial charge is 0.490 e. The van der Waals surface area contributed by atoms with Crippen molar-refractivity contribution >= 4 is 147 Å². The first kappa shape index (κ1) is 102. The van der Waals surface area contributed by atoms with Gasteiger partial charge in [-0.3, -0.25) is 46.5 Å². The molecule has 0 spiro atoms. The van der Waals surface area contributed by atoms with E-state index in [1.165, 1.54) is 76.1 Å². The van der Waals surface area contributed by atoms with Crippen LogP contribution in [0.25, 0.3) is 66.6 Å². The maximum Gasteiger partial charge on any atom is 0.416 e. The molecule has 19 rings (SSSR count). The normalized spacial score (nSPS) is 17.8. The van der Waals surface area contributed by atoms with Crippen molar-refractivity contribution in [2.75, 3.05) is 125 Å². The Bertz CT molecular complexity index is 7730. The molecule has 5 aliphatic rings. The summed E-state index contributed by atoms with van der Waals surface area (Å²) in [4.78, 5) is 84.9. The van der Waals surface area contributed by atoms with Gasteiger partial charge in [0.15, 0.2) is 15.6 Å². The highest BCUT2D eigenvalue weighted by molar-refractivity contribution is 8.02. The minimum atomic E-state index is -5.08. The summed E-state index contributed by atoms with van der Waals surface area (Å²) >= 11 is 3.27. The molecule has 8 aromatic heterocycles. The lowest BCUT2D eigenvalue weighted by atomic mass is 10.0. The predicted molar refractivity (Wildman–Crippen MR) is 555 cm³/mol. The minimum absolute atomic E-state index is 0. The highest BCUT2D eigenvalue weighted by atomic mass is 32.2. The molecule has 5 saturated heterocycles. The number of anilines is 7. The quantitative estimate of drug-likeness (QED) is 0.0322. The van der Waals surface area contributed by atoms with Gasteiger partial charge in [-0.2, -0.15) is 53.1 Å². The van der Waals surface area contributed by atoms with Crippen LogP contribution in [0.3, 0.4) is 0 Å². The molecule has 6 aromatic carbocycles. The second-order valence-corrected chi connectivity index (χ2v) is 47.0. The van der Waals surface area contributed by atoms with Crippen molar-refractivity contribution in [3.63, 3.8) is 0 Å². The van der Waals surface area contributed by atoms with E-state index in [4.69, 9.17) is 14.5 Å². The standard InChI is InChI=1S/C35H31F6N5O4S.C34H37N7O4S4.C31H36FN7O3S.3H2/c1-45-16-14-26(15-17-45)50-25-12-10-24(11-13-25)43-33-42-19-23-18-28(27-7-3-5-9-30(27)51(48,49)21-34(36,37)38)32(47)46(31(23)44-33)20-22-6-2-4-8-29(22)35(39,40)41;1-39-16-17-46-30(21-39)24-4-8-26(9-5-24)37-34-36-19-25-18-29(23-6-10-28(11-7-23)48(2,43)31-20-35-22-47-31)33(42)41(32(25)38-34)27-12-14-40(15-13-27)49(3,44)45;1-4-39-29-21(15-25(30(39)40)27-7-6-24(18-34-27)43(3,41)23-9-13-42-14-10-23)17-35-31(37-29)36-22-5-8-28(26(32)16-22)38-12-11-33-20(2)19-38;;;/h2-13,18-19,26H,14-17,20-21H2,1H3,(H,42,43,44);4-11,18-20,22,27,30H,2,12-17,21H2,1,3H3,(H,36,37,38);5-8,15-18,20,23,33H,3-4,9-14,19H2,1-2H3,(H,35,36,37);3*1H. The maximum absolute atomic E-state index is 15.1. The minimum Gasteiger partial charge on any atom is -0.490 e. The summed E-state index contributed by atoms with van der Waals surface area (Å²) in [5.74, 6) is 7.89. The van der Waals surface area contributed by atoms with Gasteiger partial charge in [0.25, 0.3) is 16.7 Å². The summed E-state index contributed by atoms with van der Waals surface area (Å²) in [6, 6.07) is 44.8. The van der Waals surface area contributed by atoms with Crippen molar-refractivity contribution in [2.45, 2.75) is 125 Å². The Kier molecular flexibility index (Phi) is 30.6. The van der Waals surface area contributed by atoms with Gasteiger partial charge in [-0.25, -0.2) is 40.5 Å². The third kappa shape index (κ3) is 23.7. The predicted octanol–water partition coefficient (Wildman–Crippen LogP) is 16.7. The number of piperidine rings is 2. The molecular formula is C100H110F7N19O11S6. The molecule has 143 heavy (non-hydrogen) atoms. The van der Waals surface area contributed by atoms with Gasteiger partial charge in [-0.15, -0.1) is 11.3 Å². The Balaban J connectivity index is 0.000000172. The zero-order valence-electron chi connectivity index (χ0n) is 78.6. The summed E-state index contributed by atoms with van der Waals surface area (Å²) in [5.41, 5.74) is 4.67.